The van der Waals surface area contributed by atoms with Gasteiger partial charge in [0.15, 0.2) is 5.84 Å². The van der Waals surface area contributed by atoms with Crippen LogP contribution < -0.4 is 5.73 Å². The van der Waals surface area contributed by atoms with Gasteiger partial charge in [-0.3, -0.25) is 0 Å². The van der Waals surface area contributed by atoms with E-state index < -0.39 is 0 Å². The Balaban J connectivity index is 2.44. The lowest BCUT2D eigenvalue weighted by Crippen LogP contribution is -2.15. The van der Waals surface area contributed by atoms with Crippen molar-refractivity contribution in [1.82, 2.24) is 9.97 Å². The van der Waals surface area contributed by atoms with E-state index >= 15 is 0 Å². The van der Waals surface area contributed by atoms with E-state index in [4.69, 9.17) is 10.9 Å². The molecule has 0 aromatic carbocycles. The minimum absolute atomic E-state index is 0.0457. The van der Waals surface area contributed by atoms with Crippen LogP contribution in [0, 0.1) is 20.8 Å². The summed E-state index contributed by atoms with van der Waals surface area (Å²) in [7, 11) is 0. The molecule has 5 nitrogen and oxygen atoms in total. The van der Waals surface area contributed by atoms with E-state index in [2.05, 4.69) is 15.1 Å². The van der Waals surface area contributed by atoms with Gasteiger partial charge < -0.3 is 10.9 Å². The Bertz CT molecular complexity index is 650. The summed E-state index contributed by atoms with van der Waals surface area (Å²) in [5.41, 5.74) is 9.24. The van der Waals surface area contributed by atoms with Crippen molar-refractivity contribution in [2.45, 2.75) is 30.8 Å². The van der Waals surface area contributed by atoms with Gasteiger partial charge in [-0.1, -0.05) is 5.16 Å². The number of pyridine rings is 2. The SMILES string of the molecule is Cc1cc(C)nc(Sc2nc(C)ccc2/C(N)=N/O)c1. The van der Waals surface area contributed by atoms with Crippen LogP contribution in [0.4, 0.5) is 0 Å². The van der Waals surface area contributed by atoms with Gasteiger partial charge in [-0.25, -0.2) is 9.97 Å². The number of hydrogen-bond acceptors (Lipinski definition) is 5. The monoisotopic (exact) mass is 288 g/mol. The third-order valence-corrected chi connectivity index (χ3v) is 3.58. The van der Waals surface area contributed by atoms with Crippen molar-refractivity contribution in [3.8, 4) is 0 Å². The molecule has 0 bridgehead atoms. The molecule has 2 heterocycles. The highest BCUT2D eigenvalue weighted by atomic mass is 32.2. The molecule has 0 radical (unpaired) electrons. The van der Waals surface area contributed by atoms with Crippen molar-refractivity contribution in [2.24, 2.45) is 10.9 Å². The van der Waals surface area contributed by atoms with Crippen LogP contribution in [0.1, 0.15) is 22.5 Å². The molecule has 20 heavy (non-hydrogen) atoms. The number of hydrogen-bond donors (Lipinski definition) is 2. The second kappa shape index (κ2) is 5.92. The van der Waals surface area contributed by atoms with E-state index in [-0.39, 0.29) is 5.84 Å². The first kappa shape index (κ1) is 14.3. The predicted molar refractivity (Wildman–Crippen MR) is 79.3 cm³/mol. The van der Waals surface area contributed by atoms with Crippen LogP contribution in [0.3, 0.4) is 0 Å². The van der Waals surface area contributed by atoms with E-state index in [1.54, 1.807) is 6.07 Å². The second-order valence-corrected chi connectivity index (χ2v) is 5.53. The molecular formula is C14H16N4OS. The van der Waals surface area contributed by atoms with Crippen molar-refractivity contribution in [2.75, 3.05) is 0 Å². The van der Waals surface area contributed by atoms with Crippen LogP contribution in [0.5, 0.6) is 0 Å². The summed E-state index contributed by atoms with van der Waals surface area (Å²) in [5, 5.41) is 13.4. The largest absolute Gasteiger partial charge is 0.409 e. The van der Waals surface area contributed by atoms with E-state index in [1.807, 2.05) is 39.0 Å². The maximum Gasteiger partial charge on any atom is 0.172 e. The van der Waals surface area contributed by atoms with E-state index in [0.29, 0.717) is 10.6 Å². The Morgan fingerprint density at radius 3 is 2.55 bits per heavy atom. The van der Waals surface area contributed by atoms with Crippen LogP contribution in [0.15, 0.2) is 39.5 Å². The molecule has 2 aromatic rings. The highest BCUT2D eigenvalue weighted by molar-refractivity contribution is 7.99. The molecule has 0 aliphatic heterocycles. The summed E-state index contributed by atoms with van der Waals surface area (Å²) in [6.07, 6.45) is 0. The quantitative estimate of drug-likeness (QED) is 0.392. The molecule has 0 atom stereocenters. The summed E-state index contributed by atoms with van der Waals surface area (Å²) in [4.78, 5) is 8.91. The topological polar surface area (TPSA) is 84.4 Å². The molecule has 2 aromatic heterocycles. The lowest BCUT2D eigenvalue weighted by atomic mass is 10.2. The fourth-order valence-corrected chi connectivity index (χ4v) is 2.92. The maximum absolute atomic E-state index is 8.85. The van der Waals surface area contributed by atoms with Gasteiger partial charge in [0.2, 0.25) is 0 Å². The Hall–Kier alpha value is -2.08. The fraction of sp³-hybridized carbons (Fsp3) is 0.214. The van der Waals surface area contributed by atoms with Crippen LogP contribution >= 0.6 is 11.8 Å². The molecule has 0 unspecified atom stereocenters. The van der Waals surface area contributed by atoms with Gasteiger partial charge in [0.05, 0.1) is 5.56 Å². The number of nitrogens with zero attached hydrogens (tertiary/aromatic N) is 3. The van der Waals surface area contributed by atoms with Gasteiger partial charge >= 0.3 is 0 Å². The highest BCUT2D eigenvalue weighted by Crippen LogP contribution is 2.28. The van der Waals surface area contributed by atoms with Crippen LogP contribution in [0.25, 0.3) is 0 Å². The number of rotatable bonds is 3. The number of aryl methyl sites for hydroxylation is 3. The minimum atomic E-state index is 0.0457. The standard InChI is InChI=1S/C14H16N4OS/c1-8-6-10(3)16-12(7-8)20-14-11(13(15)18-19)5-4-9(2)17-14/h4-7,19H,1-3H3,(H2,15,18). The minimum Gasteiger partial charge on any atom is -0.409 e. The Kier molecular flexibility index (Phi) is 4.24. The number of aromatic nitrogens is 2. The van der Waals surface area contributed by atoms with Crippen molar-refractivity contribution in [3.63, 3.8) is 0 Å². The summed E-state index contributed by atoms with van der Waals surface area (Å²) in [5.74, 6) is 0.0457. The van der Waals surface area contributed by atoms with Gasteiger partial charge in [-0.15, -0.1) is 0 Å². The first-order valence-electron chi connectivity index (χ1n) is 6.08. The van der Waals surface area contributed by atoms with E-state index in [1.165, 1.54) is 11.8 Å². The van der Waals surface area contributed by atoms with Gasteiger partial charge in [0, 0.05) is 11.4 Å². The Morgan fingerprint density at radius 2 is 1.90 bits per heavy atom. The molecule has 0 spiro atoms. The number of oxime groups is 1. The molecule has 6 heteroatoms. The normalized spacial score (nSPS) is 11.7. The van der Waals surface area contributed by atoms with Gasteiger partial charge in [0.1, 0.15) is 10.1 Å². The molecule has 104 valence electrons. The Labute approximate surface area is 121 Å². The molecule has 0 aliphatic carbocycles. The van der Waals surface area contributed by atoms with Crippen molar-refractivity contribution in [3.05, 3.63) is 46.8 Å². The van der Waals surface area contributed by atoms with E-state index in [9.17, 15) is 0 Å². The van der Waals surface area contributed by atoms with Crippen molar-refractivity contribution < 1.29 is 5.21 Å². The first-order chi connectivity index (χ1) is 9.49. The molecule has 0 saturated carbocycles. The zero-order valence-corrected chi connectivity index (χ0v) is 12.4. The zero-order chi connectivity index (χ0) is 14.7. The number of nitrogens with two attached hydrogens (primary N) is 1. The predicted octanol–water partition coefficient (Wildman–Crippen LogP) is 2.65. The first-order valence-corrected chi connectivity index (χ1v) is 6.90. The van der Waals surface area contributed by atoms with Crippen LogP contribution in [-0.4, -0.2) is 21.0 Å². The molecule has 2 rings (SSSR count). The fourth-order valence-electron chi connectivity index (χ4n) is 1.82. The third kappa shape index (κ3) is 3.27. The molecule has 0 saturated heterocycles. The molecule has 0 fully saturated rings. The average Bonchev–Trinajstić information content (AvgIpc) is 2.37. The van der Waals surface area contributed by atoms with Crippen LogP contribution in [-0.2, 0) is 0 Å². The smallest absolute Gasteiger partial charge is 0.172 e. The molecule has 0 amide bonds. The van der Waals surface area contributed by atoms with Gasteiger partial charge in [-0.2, -0.15) is 0 Å². The Morgan fingerprint density at radius 1 is 1.15 bits per heavy atom. The highest BCUT2D eigenvalue weighted by Gasteiger charge is 2.12. The number of amidine groups is 1. The van der Waals surface area contributed by atoms with E-state index in [0.717, 1.165) is 22.0 Å². The maximum atomic E-state index is 8.85. The van der Waals surface area contributed by atoms with Gasteiger partial charge in [0.25, 0.3) is 0 Å². The second-order valence-electron chi connectivity index (χ2n) is 4.52. The summed E-state index contributed by atoms with van der Waals surface area (Å²) in [6.45, 7) is 5.87. The summed E-state index contributed by atoms with van der Waals surface area (Å²) < 4.78 is 0. The lowest BCUT2D eigenvalue weighted by Gasteiger charge is -2.08. The molecular weight excluding hydrogens is 272 g/mol. The lowest BCUT2D eigenvalue weighted by molar-refractivity contribution is 0.318. The third-order valence-electron chi connectivity index (χ3n) is 2.66. The van der Waals surface area contributed by atoms with Crippen molar-refractivity contribution in [1.29, 1.82) is 0 Å². The average molecular weight is 288 g/mol. The molecule has 3 N–H and O–H groups in total. The van der Waals surface area contributed by atoms with Gasteiger partial charge in [-0.05, 0) is 62.4 Å². The van der Waals surface area contributed by atoms with Crippen LogP contribution in [0.2, 0.25) is 0 Å². The summed E-state index contributed by atoms with van der Waals surface area (Å²) >= 11 is 1.41. The molecule has 0 aliphatic rings. The van der Waals surface area contributed by atoms with Crippen molar-refractivity contribution >= 4 is 17.6 Å². The summed E-state index contributed by atoms with van der Waals surface area (Å²) in [6, 6.07) is 7.62. The zero-order valence-electron chi connectivity index (χ0n) is 11.6.